The molecular weight excluding hydrogens is 325 g/mol. The summed E-state index contributed by atoms with van der Waals surface area (Å²) in [5, 5.41) is 3.12. The van der Waals surface area contributed by atoms with Crippen molar-refractivity contribution in [2.45, 2.75) is 39.0 Å². The molecule has 1 atom stereocenters. The van der Waals surface area contributed by atoms with Crippen LogP contribution in [-0.2, 0) is 19.1 Å². The number of nitrogens with one attached hydrogen (secondary N) is 1. The highest BCUT2D eigenvalue weighted by molar-refractivity contribution is 5.91. The van der Waals surface area contributed by atoms with Crippen molar-refractivity contribution in [1.82, 2.24) is 5.32 Å². The van der Waals surface area contributed by atoms with Crippen LogP contribution in [0.5, 0.6) is 0 Å². The summed E-state index contributed by atoms with van der Waals surface area (Å²) < 4.78 is 23.0. The van der Waals surface area contributed by atoms with E-state index in [1.54, 1.807) is 18.2 Å². The maximum absolute atomic E-state index is 13.8. The highest BCUT2D eigenvalue weighted by atomic mass is 19.1. The number of carbonyl (C=O) groups excluding carboxylic acids is 2. The lowest BCUT2D eigenvalue weighted by molar-refractivity contribution is -0.140. The summed E-state index contributed by atoms with van der Waals surface area (Å²) in [7, 11) is 2.74. The molecule has 0 radical (unpaired) electrons. The topological polar surface area (TPSA) is 64.6 Å². The number of allylic oxidation sites excluding steroid dienone is 1. The second-order valence-corrected chi connectivity index (χ2v) is 5.65. The zero-order chi connectivity index (χ0) is 18.8. The Morgan fingerprint density at radius 1 is 1.24 bits per heavy atom. The second-order valence-electron chi connectivity index (χ2n) is 5.65. The van der Waals surface area contributed by atoms with Gasteiger partial charge in [0.15, 0.2) is 0 Å². The Morgan fingerprint density at radius 2 is 1.92 bits per heavy atom. The molecule has 0 aliphatic carbocycles. The van der Waals surface area contributed by atoms with Gasteiger partial charge in [0.2, 0.25) is 0 Å². The first kappa shape index (κ1) is 20.7. The molecule has 1 aliphatic rings. The third kappa shape index (κ3) is 5.89. The SMILES string of the molecule is CCCC(=O)OC.COC(=O)C1=C(C)NCCC1c1ccccc1F. The standard InChI is InChI=1S/C14H16FNO2.C5H10O2/c1-9-13(14(17)18-2)11(7-8-16-9)10-5-3-4-6-12(10)15;1-3-4-5(6)7-2/h3-6,11,16H,7-8H2,1-2H3;3-4H2,1-2H3. The van der Waals surface area contributed by atoms with Gasteiger partial charge in [-0.3, -0.25) is 4.79 Å². The molecule has 25 heavy (non-hydrogen) atoms. The molecule has 0 bridgehead atoms. The minimum Gasteiger partial charge on any atom is -0.469 e. The van der Waals surface area contributed by atoms with Crippen molar-refractivity contribution in [3.8, 4) is 0 Å². The van der Waals surface area contributed by atoms with E-state index >= 15 is 0 Å². The van der Waals surface area contributed by atoms with Crippen molar-refractivity contribution in [2.75, 3.05) is 20.8 Å². The van der Waals surface area contributed by atoms with Gasteiger partial charge >= 0.3 is 11.9 Å². The fourth-order valence-electron chi connectivity index (χ4n) is 2.69. The van der Waals surface area contributed by atoms with Gasteiger partial charge in [-0.25, -0.2) is 9.18 Å². The summed E-state index contributed by atoms with van der Waals surface area (Å²) in [6, 6.07) is 6.57. The van der Waals surface area contributed by atoms with Crippen LogP contribution in [0.4, 0.5) is 4.39 Å². The van der Waals surface area contributed by atoms with E-state index in [0.717, 1.165) is 18.7 Å². The molecule has 5 nitrogen and oxygen atoms in total. The Hall–Kier alpha value is -2.37. The molecule has 1 aliphatic heterocycles. The van der Waals surface area contributed by atoms with E-state index in [4.69, 9.17) is 4.74 Å². The van der Waals surface area contributed by atoms with Crippen molar-refractivity contribution in [3.63, 3.8) is 0 Å². The lowest BCUT2D eigenvalue weighted by atomic mass is 9.84. The van der Waals surface area contributed by atoms with Gasteiger partial charge in [0.05, 0.1) is 19.8 Å². The lowest BCUT2D eigenvalue weighted by Gasteiger charge is -2.27. The fourth-order valence-corrected chi connectivity index (χ4v) is 2.69. The van der Waals surface area contributed by atoms with Crippen LogP contribution in [0, 0.1) is 5.82 Å². The molecule has 0 spiro atoms. The van der Waals surface area contributed by atoms with E-state index in [-0.39, 0.29) is 17.7 Å². The smallest absolute Gasteiger partial charge is 0.336 e. The maximum Gasteiger partial charge on any atom is 0.336 e. The van der Waals surface area contributed by atoms with Crippen LogP contribution in [0.15, 0.2) is 35.5 Å². The van der Waals surface area contributed by atoms with E-state index < -0.39 is 5.97 Å². The maximum atomic E-state index is 13.8. The van der Waals surface area contributed by atoms with Crippen LogP contribution in [0.2, 0.25) is 0 Å². The Morgan fingerprint density at radius 3 is 2.44 bits per heavy atom. The molecule has 1 aromatic rings. The minimum absolute atomic E-state index is 0.123. The summed E-state index contributed by atoms with van der Waals surface area (Å²) in [5.41, 5.74) is 1.84. The Kier molecular flexibility index (Phi) is 8.67. The molecule has 0 saturated heterocycles. The number of rotatable bonds is 4. The van der Waals surface area contributed by atoms with Crippen molar-refractivity contribution in [2.24, 2.45) is 0 Å². The quantitative estimate of drug-likeness (QED) is 0.843. The summed E-state index contributed by atoms with van der Waals surface area (Å²) >= 11 is 0. The van der Waals surface area contributed by atoms with Crippen LogP contribution in [0.1, 0.15) is 44.6 Å². The first-order chi connectivity index (χ1) is 12.0. The minimum atomic E-state index is -0.395. The van der Waals surface area contributed by atoms with Gasteiger partial charge in [-0.05, 0) is 31.4 Å². The Balaban J connectivity index is 0.000000381. The van der Waals surface area contributed by atoms with Gasteiger partial charge in [-0.15, -0.1) is 0 Å². The molecule has 0 saturated carbocycles. The van der Waals surface area contributed by atoms with Crippen molar-refractivity contribution < 1.29 is 23.5 Å². The van der Waals surface area contributed by atoms with Crippen LogP contribution in [0.25, 0.3) is 0 Å². The molecule has 0 amide bonds. The summed E-state index contributed by atoms with van der Waals surface area (Å²) in [4.78, 5) is 22.0. The first-order valence-electron chi connectivity index (χ1n) is 8.30. The molecule has 0 fully saturated rings. The zero-order valence-corrected chi connectivity index (χ0v) is 15.2. The molecule has 1 heterocycles. The van der Waals surface area contributed by atoms with Gasteiger partial charge in [0.25, 0.3) is 0 Å². The van der Waals surface area contributed by atoms with E-state index in [2.05, 4.69) is 10.1 Å². The van der Waals surface area contributed by atoms with E-state index in [1.165, 1.54) is 20.3 Å². The van der Waals surface area contributed by atoms with Gasteiger partial charge in [0.1, 0.15) is 5.82 Å². The van der Waals surface area contributed by atoms with Crippen molar-refractivity contribution in [1.29, 1.82) is 0 Å². The summed E-state index contributed by atoms with van der Waals surface area (Å²) in [6.07, 6.45) is 2.09. The van der Waals surface area contributed by atoms with Crippen LogP contribution in [-0.4, -0.2) is 32.7 Å². The number of esters is 2. The number of carbonyl (C=O) groups is 2. The summed E-state index contributed by atoms with van der Waals surface area (Å²) in [6.45, 7) is 4.49. The van der Waals surface area contributed by atoms with Crippen LogP contribution in [0.3, 0.4) is 0 Å². The second kappa shape index (κ2) is 10.5. The first-order valence-corrected chi connectivity index (χ1v) is 8.30. The molecule has 6 heteroatoms. The predicted octanol–water partition coefficient (Wildman–Crippen LogP) is 3.31. The fraction of sp³-hybridized carbons (Fsp3) is 0.474. The largest absolute Gasteiger partial charge is 0.469 e. The average molecular weight is 351 g/mol. The molecule has 1 aromatic carbocycles. The number of hydrogen-bond donors (Lipinski definition) is 1. The number of methoxy groups -OCH3 is 2. The van der Waals surface area contributed by atoms with Gasteiger partial charge < -0.3 is 14.8 Å². The molecule has 138 valence electrons. The van der Waals surface area contributed by atoms with Gasteiger partial charge in [-0.2, -0.15) is 0 Å². The van der Waals surface area contributed by atoms with E-state index in [1.807, 2.05) is 13.8 Å². The normalized spacial score (nSPS) is 16.3. The molecule has 0 aromatic heterocycles. The van der Waals surface area contributed by atoms with Crippen molar-refractivity contribution >= 4 is 11.9 Å². The molecular formula is C19H26FNO4. The number of ether oxygens (including phenoxy) is 2. The van der Waals surface area contributed by atoms with Gasteiger partial charge in [0, 0.05) is 24.6 Å². The highest BCUT2D eigenvalue weighted by Crippen LogP contribution is 2.34. The monoisotopic (exact) mass is 351 g/mol. The van der Waals surface area contributed by atoms with Crippen LogP contribution >= 0.6 is 0 Å². The Bertz CT molecular complexity index is 628. The zero-order valence-electron chi connectivity index (χ0n) is 15.2. The third-order valence-corrected chi connectivity index (χ3v) is 3.94. The van der Waals surface area contributed by atoms with E-state index in [0.29, 0.717) is 24.0 Å². The molecule has 1 N–H and O–H groups in total. The Labute approximate surface area is 148 Å². The summed E-state index contributed by atoms with van der Waals surface area (Å²) in [5.74, 6) is -1.03. The van der Waals surface area contributed by atoms with Gasteiger partial charge in [-0.1, -0.05) is 25.1 Å². The number of halogens is 1. The third-order valence-electron chi connectivity index (χ3n) is 3.94. The van der Waals surface area contributed by atoms with Crippen molar-refractivity contribution in [3.05, 3.63) is 46.9 Å². The van der Waals surface area contributed by atoms with Crippen LogP contribution < -0.4 is 5.32 Å². The lowest BCUT2D eigenvalue weighted by Crippen LogP contribution is -2.29. The predicted molar refractivity (Wildman–Crippen MR) is 93.4 cm³/mol. The highest BCUT2D eigenvalue weighted by Gasteiger charge is 2.30. The average Bonchev–Trinajstić information content (AvgIpc) is 2.62. The number of benzene rings is 1. The molecule has 2 rings (SSSR count). The molecule has 1 unspecified atom stereocenters. The van der Waals surface area contributed by atoms with E-state index in [9.17, 15) is 14.0 Å². The number of hydrogen-bond acceptors (Lipinski definition) is 5.